The number of hydrogen-bond acceptors (Lipinski definition) is 3. The molecule has 1 aromatic carbocycles. The van der Waals surface area contributed by atoms with Crippen molar-refractivity contribution in [3.05, 3.63) is 69.8 Å². The van der Waals surface area contributed by atoms with Gasteiger partial charge in [-0.15, -0.1) is 11.3 Å². The maximum absolute atomic E-state index is 13.0. The van der Waals surface area contributed by atoms with Crippen LogP contribution in [-0.4, -0.2) is 29.1 Å². The lowest BCUT2D eigenvalue weighted by Gasteiger charge is -2.26. The van der Waals surface area contributed by atoms with Gasteiger partial charge in [-0.1, -0.05) is 25.4 Å². The summed E-state index contributed by atoms with van der Waals surface area (Å²) in [6.07, 6.45) is 7.15. The lowest BCUT2D eigenvalue weighted by molar-refractivity contribution is 0.247. The highest BCUT2D eigenvalue weighted by molar-refractivity contribution is 7.15. The smallest absolute Gasteiger partial charge is 0.319 e. The average molecular weight is 471 g/mol. The summed E-state index contributed by atoms with van der Waals surface area (Å²) >= 11 is 7.84. The van der Waals surface area contributed by atoms with E-state index in [4.69, 9.17) is 11.6 Å². The van der Waals surface area contributed by atoms with E-state index in [9.17, 15) is 4.79 Å². The second kappa shape index (κ2) is 10.1. The molecule has 1 aliphatic heterocycles. The molecular weight excluding hydrogens is 440 g/mol. The average Bonchev–Trinajstić information content (AvgIpc) is 3.40. The molecule has 2 aromatic heterocycles. The number of amides is 2. The molecule has 0 saturated heterocycles. The van der Waals surface area contributed by atoms with Crippen LogP contribution in [0.3, 0.4) is 0 Å². The van der Waals surface area contributed by atoms with Gasteiger partial charge in [0.15, 0.2) is 0 Å². The van der Waals surface area contributed by atoms with Crippen LogP contribution in [0.4, 0.5) is 10.5 Å². The number of likely N-dealkylation sites (N-methyl/N-ethyl adjacent to an activating group) is 1. The molecular formula is C25H31ClN4OS. The van der Waals surface area contributed by atoms with E-state index in [-0.39, 0.29) is 12.1 Å². The van der Waals surface area contributed by atoms with Crippen molar-refractivity contribution in [2.24, 2.45) is 5.92 Å². The van der Waals surface area contributed by atoms with E-state index in [1.807, 2.05) is 23.5 Å². The Bertz CT molecular complexity index is 1040. The molecule has 0 spiro atoms. The topological polar surface area (TPSA) is 49.3 Å². The van der Waals surface area contributed by atoms with Gasteiger partial charge in [-0.05, 0) is 74.2 Å². The van der Waals surface area contributed by atoms with Crippen LogP contribution in [0.15, 0.2) is 48.8 Å². The number of rotatable bonds is 7. The molecule has 2 N–H and O–H groups in total. The number of urea groups is 1. The minimum absolute atomic E-state index is 0.0505. The van der Waals surface area contributed by atoms with Crippen LogP contribution >= 0.6 is 22.9 Å². The van der Waals surface area contributed by atoms with Gasteiger partial charge >= 0.3 is 6.03 Å². The summed E-state index contributed by atoms with van der Waals surface area (Å²) in [4.78, 5) is 16.8. The van der Waals surface area contributed by atoms with Gasteiger partial charge < -0.3 is 20.1 Å². The summed E-state index contributed by atoms with van der Waals surface area (Å²) in [5, 5.41) is 8.14. The molecule has 7 heteroatoms. The monoisotopic (exact) mass is 470 g/mol. The number of carbonyl (C=O) groups excluding carboxylic acids is 1. The Hall–Kier alpha value is -2.28. The Morgan fingerprint density at radius 3 is 2.56 bits per heavy atom. The van der Waals surface area contributed by atoms with Crippen LogP contribution in [0.5, 0.6) is 0 Å². The standard InChI is InChI=1S/C25H31ClN4OS/c1-17(2)6-11-21(28-25(31)27-19-9-7-18(26)8-10-19)23-20-12-15-29(3)16-22(20)32-24(23)30-13-4-5-14-30/h4-5,7-10,13-14,17,21H,6,11-12,15-16H2,1-3H3,(H2,27,28,31)/t21-/m1/s1. The van der Waals surface area contributed by atoms with Crippen molar-refractivity contribution in [2.45, 2.75) is 45.7 Å². The number of benzene rings is 1. The summed E-state index contributed by atoms with van der Waals surface area (Å²) in [5.74, 6) is 0.564. The van der Waals surface area contributed by atoms with Crippen molar-refractivity contribution < 1.29 is 4.79 Å². The van der Waals surface area contributed by atoms with E-state index in [1.165, 1.54) is 21.0 Å². The van der Waals surface area contributed by atoms with E-state index >= 15 is 0 Å². The molecule has 4 rings (SSSR count). The first-order valence-electron chi connectivity index (χ1n) is 11.2. The molecule has 170 valence electrons. The van der Waals surface area contributed by atoms with E-state index in [1.54, 1.807) is 12.1 Å². The van der Waals surface area contributed by atoms with Crippen molar-refractivity contribution in [1.29, 1.82) is 0 Å². The number of nitrogens with zero attached hydrogens (tertiary/aromatic N) is 2. The van der Waals surface area contributed by atoms with Gasteiger partial charge in [0.1, 0.15) is 5.00 Å². The maximum atomic E-state index is 13.0. The fraction of sp³-hybridized carbons (Fsp3) is 0.400. The Labute approximate surface area is 199 Å². The molecule has 5 nitrogen and oxygen atoms in total. The third kappa shape index (κ3) is 5.37. The summed E-state index contributed by atoms with van der Waals surface area (Å²) in [7, 11) is 2.17. The van der Waals surface area contributed by atoms with Gasteiger partial charge in [0, 0.05) is 46.6 Å². The van der Waals surface area contributed by atoms with Crippen molar-refractivity contribution in [1.82, 2.24) is 14.8 Å². The second-order valence-corrected chi connectivity index (χ2v) is 10.4. The van der Waals surface area contributed by atoms with Crippen molar-refractivity contribution in [2.75, 3.05) is 18.9 Å². The predicted molar refractivity (Wildman–Crippen MR) is 134 cm³/mol. The fourth-order valence-electron chi connectivity index (χ4n) is 4.21. The SMILES string of the molecule is CC(C)CC[C@@H](NC(=O)Nc1ccc(Cl)cc1)c1c(-n2cccc2)sc2c1CCN(C)C2. The number of anilines is 1. The summed E-state index contributed by atoms with van der Waals surface area (Å²) < 4.78 is 2.19. The normalized spacial score (nSPS) is 14.9. The summed E-state index contributed by atoms with van der Waals surface area (Å²) in [6.45, 7) is 6.46. The molecule has 3 heterocycles. The van der Waals surface area contributed by atoms with Crippen LogP contribution in [0.2, 0.25) is 5.02 Å². The van der Waals surface area contributed by atoms with E-state index < -0.39 is 0 Å². The molecule has 0 bridgehead atoms. The zero-order valence-corrected chi connectivity index (χ0v) is 20.5. The van der Waals surface area contributed by atoms with Gasteiger partial charge in [0.05, 0.1) is 6.04 Å². The number of hydrogen-bond donors (Lipinski definition) is 2. The number of aromatic nitrogens is 1. The number of carbonyl (C=O) groups is 1. The van der Waals surface area contributed by atoms with Crippen LogP contribution in [0, 0.1) is 5.92 Å². The molecule has 0 saturated carbocycles. The lowest BCUT2D eigenvalue weighted by Crippen LogP contribution is -2.34. The Morgan fingerprint density at radius 2 is 1.88 bits per heavy atom. The van der Waals surface area contributed by atoms with Gasteiger partial charge in [-0.2, -0.15) is 0 Å². The first-order valence-corrected chi connectivity index (χ1v) is 12.4. The first kappa shape index (κ1) is 22.9. The quantitative estimate of drug-likeness (QED) is 0.415. The van der Waals surface area contributed by atoms with Gasteiger partial charge in [-0.25, -0.2) is 4.79 Å². The molecule has 0 unspecified atom stereocenters. The first-order chi connectivity index (χ1) is 15.4. The third-order valence-electron chi connectivity index (χ3n) is 5.90. The Balaban J connectivity index is 1.66. The Morgan fingerprint density at radius 1 is 1.16 bits per heavy atom. The molecule has 2 amide bonds. The molecule has 0 fully saturated rings. The molecule has 1 atom stereocenters. The molecule has 0 radical (unpaired) electrons. The highest BCUT2D eigenvalue weighted by Gasteiger charge is 2.29. The predicted octanol–water partition coefficient (Wildman–Crippen LogP) is 6.48. The third-order valence-corrected chi connectivity index (χ3v) is 7.39. The number of halogens is 1. The van der Waals surface area contributed by atoms with E-state index in [0.717, 1.165) is 38.0 Å². The molecule has 0 aliphatic carbocycles. The van der Waals surface area contributed by atoms with Gasteiger partial charge in [0.25, 0.3) is 0 Å². The number of thiophene rings is 1. The number of nitrogens with one attached hydrogen (secondary N) is 2. The minimum atomic E-state index is -0.188. The van der Waals surface area contributed by atoms with Crippen LogP contribution in [0.25, 0.3) is 5.00 Å². The molecule has 1 aliphatic rings. The largest absolute Gasteiger partial charge is 0.331 e. The highest BCUT2D eigenvalue weighted by Crippen LogP contribution is 2.40. The highest BCUT2D eigenvalue weighted by atomic mass is 35.5. The van der Waals surface area contributed by atoms with Crippen LogP contribution < -0.4 is 10.6 Å². The van der Waals surface area contributed by atoms with Gasteiger partial charge in [-0.3, -0.25) is 0 Å². The van der Waals surface area contributed by atoms with Gasteiger partial charge in [0.2, 0.25) is 0 Å². The maximum Gasteiger partial charge on any atom is 0.319 e. The fourth-order valence-corrected chi connectivity index (χ4v) is 5.79. The zero-order chi connectivity index (χ0) is 22.7. The second-order valence-electron chi connectivity index (χ2n) is 8.93. The zero-order valence-electron chi connectivity index (χ0n) is 18.9. The van der Waals surface area contributed by atoms with E-state index in [2.05, 4.69) is 65.5 Å². The van der Waals surface area contributed by atoms with Crippen LogP contribution in [0.1, 0.15) is 48.7 Å². The van der Waals surface area contributed by atoms with E-state index in [0.29, 0.717) is 10.9 Å². The molecule has 3 aromatic rings. The lowest BCUT2D eigenvalue weighted by atomic mass is 9.92. The summed E-state index contributed by atoms with van der Waals surface area (Å²) in [6, 6.07) is 11.1. The van der Waals surface area contributed by atoms with Crippen LogP contribution in [-0.2, 0) is 13.0 Å². The number of fused-ring (bicyclic) bond motifs is 1. The minimum Gasteiger partial charge on any atom is -0.331 e. The van der Waals surface area contributed by atoms with Crippen molar-refractivity contribution in [3.63, 3.8) is 0 Å². The summed E-state index contributed by atoms with van der Waals surface area (Å²) in [5.41, 5.74) is 3.42. The Kier molecular flexibility index (Phi) is 7.23. The van der Waals surface area contributed by atoms with Crippen molar-refractivity contribution >= 4 is 34.7 Å². The van der Waals surface area contributed by atoms with Crippen molar-refractivity contribution in [3.8, 4) is 5.00 Å². The molecule has 32 heavy (non-hydrogen) atoms.